The number of aromatic nitrogens is 1. The van der Waals surface area contributed by atoms with E-state index in [2.05, 4.69) is 68.7 Å². The molecule has 0 spiro atoms. The maximum Gasteiger partial charge on any atom is 0.217 e. The van der Waals surface area contributed by atoms with Crippen LogP contribution in [0.2, 0.25) is 0 Å². The summed E-state index contributed by atoms with van der Waals surface area (Å²) in [5.41, 5.74) is 12.8. The van der Waals surface area contributed by atoms with Gasteiger partial charge in [-0.3, -0.25) is 0 Å². The summed E-state index contributed by atoms with van der Waals surface area (Å²) in [5, 5.41) is 1.40. The van der Waals surface area contributed by atoms with Crippen molar-refractivity contribution in [2.24, 2.45) is 0 Å². The number of benzene rings is 2. The highest BCUT2D eigenvalue weighted by Crippen LogP contribution is 2.66. The highest BCUT2D eigenvalue weighted by molar-refractivity contribution is 5.84. The van der Waals surface area contributed by atoms with Gasteiger partial charge in [-0.2, -0.15) is 4.57 Å². The summed E-state index contributed by atoms with van der Waals surface area (Å²) < 4.78 is 2.72. The van der Waals surface area contributed by atoms with E-state index in [1.54, 1.807) is 22.3 Å². The third-order valence-electron chi connectivity index (χ3n) is 7.58. The lowest BCUT2D eigenvalue weighted by Crippen LogP contribution is -2.55. The fourth-order valence-corrected chi connectivity index (χ4v) is 6.22. The lowest BCUT2D eigenvalue weighted by atomic mass is 9.73. The van der Waals surface area contributed by atoms with Crippen molar-refractivity contribution in [1.82, 2.24) is 0 Å². The molecular weight excluding hydrogens is 302 g/mol. The molecule has 2 atom stereocenters. The van der Waals surface area contributed by atoms with E-state index in [0.717, 1.165) is 0 Å². The molecular formula is C24H24N+. The zero-order valence-electron chi connectivity index (χ0n) is 15.5. The van der Waals surface area contributed by atoms with Crippen LogP contribution in [-0.4, -0.2) is 0 Å². The Morgan fingerprint density at radius 1 is 0.960 bits per heavy atom. The highest BCUT2D eigenvalue weighted by Gasteiger charge is 2.74. The monoisotopic (exact) mass is 326 g/mol. The first kappa shape index (κ1) is 14.1. The first-order valence-electron chi connectivity index (χ1n) is 9.57. The second kappa shape index (κ2) is 3.98. The molecule has 3 aliphatic rings. The lowest BCUT2D eigenvalue weighted by molar-refractivity contribution is -0.707. The summed E-state index contributed by atoms with van der Waals surface area (Å²) in [4.78, 5) is 0. The average molecular weight is 326 g/mol. The van der Waals surface area contributed by atoms with Crippen molar-refractivity contribution in [3.05, 3.63) is 64.2 Å². The second-order valence-corrected chi connectivity index (χ2v) is 8.93. The van der Waals surface area contributed by atoms with Crippen LogP contribution in [0.1, 0.15) is 48.1 Å². The summed E-state index contributed by atoms with van der Waals surface area (Å²) in [7, 11) is 0. The smallest absolute Gasteiger partial charge is 0.185 e. The lowest BCUT2D eigenvalue weighted by Gasteiger charge is -2.33. The third-order valence-corrected chi connectivity index (χ3v) is 7.58. The molecule has 3 aromatic rings. The Kier molecular flexibility index (Phi) is 2.24. The fourth-order valence-electron chi connectivity index (χ4n) is 6.22. The minimum absolute atomic E-state index is 0.208. The maximum absolute atomic E-state index is 2.72. The van der Waals surface area contributed by atoms with Crippen molar-refractivity contribution >= 4 is 10.9 Å². The zero-order chi connectivity index (χ0) is 17.1. The molecule has 2 unspecified atom stereocenters. The Morgan fingerprint density at radius 3 is 2.60 bits per heavy atom. The van der Waals surface area contributed by atoms with Crippen molar-refractivity contribution in [3.63, 3.8) is 0 Å². The molecule has 0 N–H and O–H groups in total. The number of para-hydroxylation sites is 1. The summed E-state index contributed by atoms with van der Waals surface area (Å²) in [5.74, 6) is 0. The normalized spacial score (nSPS) is 27.8. The van der Waals surface area contributed by atoms with E-state index in [4.69, 9.17) is 0 Å². The van der Waals surface area contributed by atoms with Gasteiger partial charge in [0.15, 0.2) is 5.54 Å². The maximum atomic E-state index is 2.72. The van der Waals surface area contributed by atoms with Crippen molar-refractivity contribution in [1.29, 1.82) is 0 Å². The van der Waals surface area contributed by atoms with Crippen LogP contribution < -0.4 is 4.57 Å². The van der Waals surface area contributed by atoms with Gasteiger partial charge >= 0.3 is 0 Å². The van der Waals surface area contributed by atoms with Gasteiger partial charge in [0.25, 0.3) is 0 Å². The minimum Gasteiger partial charge on any atom is -0.185 e. The quantitative estimate of drug-likeness (QED) is 0.517. The van der Waals surface area contributed by atoms with Gasteiger partial charge in [0.2, 0.25) is 11.2 Å². The summed E-state index contributed by atoms with van der Waals surface area (Å²) in [6.45, 7) is 9.62. The summed E-state index contributed by atoms with van der Waals surface area (Å²) in [6.07, 6.45) is 3.61. The molecule has 25 heavy (non-hydrogen) atoms. The number of fused-ring (bicyclic) bond motifs is 5. The van der Waals surface area contributed by atoms with E-state index in [1.165, 1.54) is 47.0 Å². The molecule has 2 aliphatic carbocycles. The molecule has 1 saturated carbocycles. The van der Waals surface area contributed by atoms with Gasteiger partial charge in [0.1, 0.15) is 0 Å². The van der Waals surface area contributed by atoms with Gasteiger partial charge in [-0.25, -0.2) is 0 Å². The first-order valence-corrected chi connectivity index (χ1v) is 9.57. The molecule has 0 amide bonds. The molecule has 1 fully saturated rings. The van der Waals surface area contributed by atoms with Crippen LogP contribution in [0.4, 0.5) is 0 Å². The number of pyridine rings is 1. The fraction of sp³-hybridized carbons (Fsp3) is 0.375. The number of nitrogens with zero attached hydrogens (tertiary/aromatic N) is 1. The van der Waals surface area contributed by atoms with E-state index < -0.39 is 0 Å². The van der Waals surface area contributed by atoms with E-state index in [0.29, 0.717) is 0 Å². The van der Waals surface area contributed by atoms with Crippen molar-refractivity contribution in [3.8, 4) is 11.3 Å². The van der Waals surface area contributed by atoms with Crippen molar-refractivity contribution in [2.45, 2.75) is 57.9 Å². The van der Waals surface area contributed by atoms with Gasteiger partial charge < -0.3 is 0 Å². The predicted molar refractivity (Wildman–Crippen MR) is 102 cm³/mol. The molecule has 1 aromatic heterocycles. The Balaban J connectivity index is 1.90. The molecule has 124 valence electrons. The largest absolute Gasteiger partial charge is 0.217 e. The van der Waals surface area contributed by atoms with Gasteiger partial charge in [0.05, 0.1) is 11.0 Å². The highest BCUT2D eigenvalue weighted by atomic mass is 15.2. The molecule has 1 aliphatic heterocycles. The molecule has 1 nitrogen and oxygen atoms in total. The van der Waals surface area contributed by atoms with Crippen molar-refractivity contribution in [2.75, 3.05) is 0 Å². The van der Waals surface area contributed by atoms with Crippen LogP contribution in [-0.2, 0) is 23.8 Å². The van der Waals surface area contributed by atoms with Crippen LogP contribution in [0.25, 0.3) is 22.2 Å². The molecule has 2 heterocycles. The molecule has 1 heteroatoms. The molecule has 0 radical (unpaired) electrons. The zero-order valence-corrected chi connectivity index (χ0v) is 15.5. The Labute approximate surface area is 149 Å². The SMILES string of the molecule is Cc1cc(C)c2c3c1CCc1cc4ccccc4[n+](c1-3)C1(C)CC21C. The number of hydrogen-bond donors (Lipinski definition) is 0. The van der Waals surface area contributed by atoms with Crippen LogP contribution in [0.15, 0.2) is 36.4 Å². The average Bonchev–Trinajstić information content (AvgIpc) is 3.16. The first-order chi connectivity index (χ1) is 12.0. The van der Waals surface area contributed by atoms with Crippen LogP contribution >= 0.6 is 0 Å². The van der Waals surface area contributed by atoms with E-state index in [1.807, 2.05) is 0 Å². The van der Waals surface area contributed by atoms with E-state index >= 15 is 0 Å². The Hall–Kier alpha value is -2.15. The Bertz CT molecular complexity index is 1120. The number of hydrogen-bond acceptors (Lipinski definition) is 0. The van der Waals surface area contributed by atoms with Crippen molar-refractivity contribution < 1.29 is 4.57 Å². The molecule has 6 rings (SSSR count). The van der Waals surface area contributed by atoms with Crippen LogP contribution in [0.5, 0.6) is 0 Å². The van der Waals surface area contributed by atoms with Crippen LogP contribution in [0, 0.1) is 13.8 Å². The topological polar surface area (TPSA) is 3.88 Å². The molecule has 0 saturated heterocycles. The number of aryl methyl sites for hydroxylation is 3. The summed E-state index contributed by atoms with van der Waals surface area (Å²) >= 11 is 0. The van der Waals surface area contributed by atoms with E-state index in [-0.39, 0.29) is 11.0 Å². The van der Waals surface area contributed by atoms with Gasteiger partial charge in [0, 0.05) is 30.4 Å². The van der Waals surface area contributed by atoms with Gasteiger partial charge in [-0.15, -0.1) is 0 Å². The minimum atomic E-state index is 0.208. The van der Waals surface area contributed by atoms with Gasteiger partial charge in [-0.05, 0) is 68.0 Å². The standard InChI is InChI=1S/C24H24N/c1-14-11-15(2)21-20-18(14)10-9-17-12-16-7-5-6-8-19(16)25(22(17)20)24(4)13-23(21,24)3/h5-8,11-12H,9-10,13H2,1-4H3/q+1. The molecule has 2 aromatic carbocycles. The number of rotatable bonds is 0. The molecule has 0 bridgehead atoms. The van der Waals surface area contributed by atoms with Gasteiger partial charge in [-0.1, -0.05) is 18.2 Å². The second-order valence-electron chi connectivity index (χ2n) is 8.93. The van der Waals surface area contributed by atoms with Crippen LogP contribution in [0.3, 0.4) is 0 Å². The predicted octanol–water partition coefficient (Wildman–Crippen LogP) is 4.90. The Morgan fingerprint density at radius 2 is 1.76 bits per heavy atom. The third kappa shape index (κ3) is 1.38. The summed E-state index contributed by atoms with van der Waals surface area (Å²) in [6, 6.07) is 13.9. The van der Waals surface area contributed by atoms with E-state index in [9.17, 15) is 0 Å².